The molecule has 0 aliphatic carbocycles. The molecular formula is C14H19N3O4S. The van der Waals surface area contributed by atoms with Gasteiger partial charge >= 0.3 is 0 Å². The molecule has 0 N–H and O–H groups in total. The summed E-state index contributed by atoms with van der Waals surface area (Å²) in [6, 6.07) is 1.45. The Hall–Kier alpha value is -1.67. The maximum Gasteiger partial charge on any atom is 0.276 e. The quantitative estimate of drug-likeness (QED) is 0.858. The molecular weight excluding hydrogens is 306 g/mol. The molecule has 120 valence electrons. The van der Waals surface area contributed by atoms with Crippen molar-refractivity contribution in [2.75, 3.05) is 13.1 Å². The van der Waals surface area contributed by atoms with E-state index in [1.165, 1.54) is 16.6 Å². The van der Waals surface area contributed by atoms with Crippen molar-refractivity contribution in [1.82, 2.24) is 14.5 Å². The van der Waals surface area contributed by atoms with Crippen LogP contribution in [-0.4, -0.2) is 36.0 Å². The standard InChI is InChI=1S/C14H19N3O4S/c1-2-12-15-16-14(21-12)11-9-13(20-10-11)22(18,19)17-7-5-3-4-6-8-17/h9-10H,2-8H2,1H3. The van der Waals surface area contributed by atoms with Crippen LogP contribution in [-0.2, 0) is 16.4 Å². The zero-order valence-corrected chi connectivity index (χ0v) is 13.3. The van der Waals surface area contributed by atoms with Gasteiger partial charge in [0.15, 0.2) is 0 Å². The van der Waals surface area contributed by atoms with E-state index in [1.807, 2.05) is 6.92 Å². The third-order valence-corrected chi connectivity index (χ3v) is 5.52. The number of hydrogen-bond donors (Lipinski definition) is 0. The zero-order valence-electron chi connectivity index (χ0n) is 12.5. The highest BCUT2D eigenvalue weighted by Crippen LogP contribution is 2.27. The van der Waals surface area contributed by atoms with Gasteiger partial charge in [0.1, 0.15) is 6.26 Å². The van der Waals surface area contributed by atoms with Crippen molar-refractivity contribution in [3.63, 3.8) is 0 Å². The first-order valence-corrected chi connectivity index (χ1v) is 8.96. The van der Waals surface area contributed by atoms with Crippen LogP contribution in [0.2, 0.25) is 0 Å². The van der Waals surface area contributed by atoms with Crippen LogP contribution in [0.15, 0.2) is 26.3 Å². The van der Waals surface area contributed by atoms with E-state index < -0.39 is 10.0 Å². The lowest BCUT2D eigenvalue weighted by molar-refractivity contribution is 0.386. The summed E-state index contributed by atoms with van der Waals surface area (Å²) in [5.41, 5.74) is 0.487. The van der Waals surface area contributed by atoms with Crippen molar-refractivity contribution in [3.8, 4) is 11.5 Å². The van der Waals surface area contributed by atoms with Gasteiger partial charge < -0.3 is 8.83 Å². The summed E-state index contributed by atoms with van der Waals surface area (Å²) in [4.78, 5) is 0. The Morgan fingerprint density at radius 3 is 2.55 bits per heavy atom. The average molecular weight is 325 g/mol. The summed E-state index contributed by atoms with van der Waals surface area (Å²) >= 11 is 0. The third-order valence-electron chi connectivity index (χ3n) is 3.75. The number of hydrogen-bond acceptors (Lipinski definition) is 6. The van der Waals surface area contributed by atoms with Gasteiger partial charge in [0.2, 0.25) is 11.0 Å². The Labute approximate surface area is 129 Å². The number of aromatic nitrogens is 2. The van der Waals surface area contributed by atoms with Crippen molar-refractivity contribution in [3.05, 3.63) is 18.2 Å². The fourth-order valence-corrected chi connectivity index (χ4v) is 3.93. The topological polar surface area (TPSA) is 89.4 Å². The highest BCUT2D eigenvalue weighted by molar-refractivity contribution is 7.89. The van der Waals surface area contributed by atoms with Crippen LogP contribution >= 0.6 is 0 Å². The van der Waals surface area contributed by atoms with Crippen molar-refractivity contribution >= 4 is 10.0 Å². The van der Waals surface area contributed by atoms with Gasteiger partial charge in [0.05, 0.1) is 5.56 Å². The molecule has 0 unspecified atom stereocenters. The van der Waals surface area contributed by atoms with E-state index in [4.69, 9.17) is 8.83 Å². The van der Waals surface area contributed by atoms with E-state index in [-0.39, 0.29) is 11.0 Å². The predicted octanol–water partition coefficient (Wildman–Crippen LogP) is 2.46. The molecule has 0 saturated carbocycles. The lowest BCUT2D eigenvalue weighted by Gasteiger charge is -2.17. The smallest absolute Gasteiger partial charge is 0.276 e. The van der Waals surface area contributed by atoms with Crippen LogP contribution in [0.5, 0.6) is 0 Å². The fraction of sp³-hybridized carbons (Fsp3) is 0.571. The molecule has 3 rings (SSSR count). The minimum absolute atomic E-state index is 0.0688. The largest absolute Gasteiger partial charge is 0.451 e. The van der Waals surface area contributed by atoms with Gasteiger partial charge in [-0.15, -0.1) is 10.2 Å². The summed E-state index contributed by atoms with van der Waals surface area (Å²) in [6.45, 7) is 2.99. The molecule has 7 nitrogen and oxygen atoms in total. The second-order valence-corrected chi connectivity index (χ2v) is 7.20. The zero-order chi connectivity index (χ0) is 15.6. The number of nitrogens with zero attached hydrogens (tertiary/aromatic N) is 3. The Balaban J connectivity index is 1.85. The molecule has 2 aromatic rings. The normalized spacial score (nSPS) is 17.5. The Morgan fingerprint density at radius 2 is 1.91 bits per heavy atom. The second kappa shape index (κ2) is 6.21. The Kier molecular flexibility index (Phi) is 4.30. The van der Waals surface area contributed by atoms with Crippen molar-refractivity contribution in [2.24, 2.45) is 0 Å². The molecule has 0 radical (unpaired) electrons. The van der Waals surface area contributed by atoms with Gasteiger partial charge in [-0.05, 0) is 12.8 Å². The lowest BCUT2D eigenvalue weighted by atomic mass is 10.2. The number of furan rings is 1. The number of sulfonamides is 1. The monoisotopic (exact) mass is 325 g/mol. The molecule has 3 heterocycles. The minimum atomic E-state index is -3.59. The summed E-state index contributed by atoms with van der Waals surface area (Å²) in [5, 5.41) is 7.69. The van der Waals surface area contributed by atoms with Crippen molar-refractivity contribution in [1.29, 1.82) is 0 Å². The number of rotatable bonds is 4. The van der Waals surface area contributed by atoms with Crippen LogP contribution in [0.3, 0.4) is 0 Å². The van der Waals surface area contributed by atoms with Gasteiger partial charge in [-0.2, -0.15) is 4.31 Å². The molecule has 0 bridgehead atoms. The van der Waals surface area contributed by atoms with Crippen LogP contribution in [0.4, 0.5) is 0 Å². The highest BCUT2D eigenvalue weighted by Gasteiger charge is 2.29. The van der Waals surface area contributed by atoms with Gasteiger partial charge in [-0.25, -0.2) is 8.42 Å². The van der Waals surface area contributed by atoms with Gasteiger partial charge in [0.25, 0.3) is 15.9 Å². The first-order chi connectivity index (χ1) is 10.6. The highest BCUT2D eigenvalue weighted by atomic mass is 32.2. The summed E-state index contributed by atoms with van der Waals surface area (Å²) in [6.07, 6.45) is 5.88. The van der Waals surface area contributed by atoms with Crippen LogP contribution in [0.25, 0.3) is 11.5 Å². The molecule has 1 fully saturated rings. The average Bonchev–Trinajstić information content (AvgIpc) is 3.10. The van der Waals surface area contributed by atoms with E-state index in [0.717, 1.165) is 25.7 Å². The van der Waals surface area contributed by atoms with E-state index in [1.54, 1.807) is 0 Å². The minimum Gasteiger partial charge on any atom is -0.451 e. The van der Waals surface area contributed by atoms with Gasteiger partial charge in [-0.1, -0.05) is 19.8 Å². The summed E-state index contributed by atoms with van der Waals surface area (Å²) in [5.74, 6) is 0.783. The molecule has 2 aromatic heterocycles. The SMILES string of the molecule is CCc1nnc(-c2coc(S(=O)(=O)N3CCCCCC3)c2)o1. The Bertz CT molecular complexity index is 727. The molecule has 1 aliphatic heterocycles. The van der Waals surface area contributed by atoms with E-state index in [0.29, 0.717) is 31.0 Å². The van der Waals surface area contributed by atoms with Crippen LogP contribution in [0, 0.1) is 0 Å². The molecule has 8 heteroatoms. The molecule has 0 aromatic carbocycles. The van der Waals surface area contributed by atoms with E-state index in [2.05, 4.69) is 10.2 Å². The summed E-state index contributed by atoms with van der Waals surface area (Å²) in [7, 11) is -3.59. The number of aryl methyl sites for hydroxylation is 1. The molecule has 0 amide bonds. The predicted molar refractivity (Wildman–Crippen MR) is 78.6 cm³/mol. The van der Waals surface area contributed by atoms with Crippen LogP contribution < -0.4 is 0 Å². The van der Waals surface area contributed by atoms with E-state index >= 15 is 0 Å². The maximum atomic E-state index is 12.6. The molecule has 22 heavy (non-hydrogen) atoms. The molecule has 1 aliphatic rings. The lowest BCUT2D eigenvalue weighted by Crippen LogP contribution is -2.31. The van der Waals surface area contributed by atoms with Gasteiger partial charge in [0, 0.05) is 25.6 Å². The summed E-state index contributed by atoms with van der Waals surface area (Å²) < 4.78 is 37.4. The first-order valence-electron chi connectivity index (χ1n) is 7.52. The maximum absolute atomic E-state index is 12.6. The molecule has 0 atom stereocenters. The second-order valence-electron chi connectivity index (χ2n) is 5.33. The van der Waals surface area contributed by atoms with Crippen molar-refractivity contribution < 1.29 is 17.3 Å². The van der Waals surface area contributed by atoms with E-state index in [9.17, 15) is 8.42 Å². The third kappa shape index (κ3) is 2.93. The fourth-order valence-electron chi connectivity index (χ4n) is 2.49. The Morgan fingerprint density at radius 1 is 1.18 bits per heavy atom. The van der Waals surface area contributed by atoms with Crippen molar-refractivity contribution in [2.45, 2.75) is 44.1 Å². The first kappa shape index (κ1) is 15.2. The van der Waals surface area contributed by atoms with Crippen LogP contribution in [0.1, 0.15) is 38.5 Å². The molecule has 1 saturated heterocycles. The van der Waals surface area contributed by atoms with Gasteiger partial charge in [-0.3, -0.25) is 0 Å². The molecule has 0 spiro atoms.